The molecule has 2 nitrogen and oxygen atoms in total. The van der Waals surface area contributed by atoms with Gasteiger partial charge in [0.15, 0.2) is 0 Å². The zero-order valence-corrected chi connectivity index (χ0v) is 12.2. The van der Waals surface area contributed by atoms with Crippen LogP contribution in [0.4, 0.5) is 0 Å². The number of aliphatic hydroxyl groups is 1. The van der Waals surface area contributed by atoms with E-state index in [1.165, 1.54) is 57.8 Å². The lowest BCUT2D eigenvalue weighted by Crippen LogP contribution is -2.33. The third-order valence-corrected chi connectivity index (χ3v) is 4.91. The Morgan fingerprint density at radius 3 is 2.50 bits per heavy atom. The third-order valence-electron chi connectivity index (χ3n) is 4.91. The summed E-state index contributed by atoms with van der Waals surface area (Å²) in [4.78, 5) is 0. The molecule has 0 aromatic carbocycles. The molecule has 0 aromatic heterocycles. The van der Waals surface area contributed by atoms with Crippen LogP contribution in [0, 0.1) is 11.3 Å². The summed E-state index contributed by atoms with van der Waals surface area (Å²) >= 11 is 0. The van der Waals surface area contributed by atoms with Gasteiger partial charge in [0.25, 0.3) is 0 Å². The van der Waals surface area contributed by atoms with Crippen molar-refractivity contribution in [1.82, 2.24) is 0 Å². The maximum absolute atomic E-state index is 9.44. The van der Waals surface area contributed by atoms with Crippen LogP contribution in [0.5, 0.6) is 0 Å². The van der Waals surface area contributed by atoms with Crippen LogP contribution < -0.4 is 0 Å². The molecule has 0 bridgehead atoms. The summed E-state index contributed by atoms with van der Waals surface area (Å²) in [6.07, 6.45) is 12.2. The fraction of sp³-hybridized carbons (Fsp3) is 1.00. The maximum atomic E-state index is 9.44. The lowest BCUT2D eigenvalue weighted by molar-refractivity contribution is 0.0119. The van der Waals surface area contributed by atoms with E-state index >= 15 is 0 Å². The molecule has 1 saturated heterocycles. The Morgan fingerprint density at radius 2 is 1.94 bits per heavy atom. The predicted octanol–water partition coefficient (Wildman–Crippen LogP) is 3.91. The highest BCUT2D eigenvalue weighted by Gasteiger charge is 2.36. The van der Waals surface area contributed by atoms with Crippen LogP contribution in [-0.4, -0.2) is 23.9 Å². The average molecular weight is 254 g/mol. The van der Waals surface area contributed by atoms with E-state index in [1.807, 2.05) is 0 Å². The molecule has 0 aromatic rings. The van der Waals surface area contributed by atoms with Crippen molar-refractivity contribution in [2.24, 2.45) is 11.3 Å². The molecule has 1 N–H and O–H groups in total. The van der Waals surface area contributed by atoms with Crippen LogP contribution >= 0.6 is 0 Å². The molecule has 2 rings (SSSR count). The monoisotopic (exact) mass is 254 g/mol. The normalized spacial score (nSPS) is 30.7. The highest BCUT2D eigenvalue weighted by molar-refractivity contribution is 4.87. The second-order valence-electron chi connectivity index (χ2n) is 6.99. The van der Waals surface area contributed by atoms with Crippen molar-refractivity contribution in [2.75, 3.05) is 6.61 Å². The van der Waals surface area contributed by atoms with E-state index < -0.39 is 0 Å². The Labute approximate surface area is 112 Å². The molecule has 0 radical (unpaired) electrons. The Kier molecular flexibility index (Phi) is 5.08. The van der Waals surface area contributed by atoms with Gasteiger partial charge in [0.05, 0.1) is 12.2 Å². The summed E-state index contributed by atoms with van der Waals surface area (Å²) in [5.74, 6) is 0.751. The van der Waals surface area contributed by atoms with E-state index in [0.29, 0.717) is 24.2 Å². The van der Waals surface area contributed by atoms with Crippen LogP contribution in [0.2, 0.25) is 0 Å². The number of rotatable bonds is 7. The summed E-state index contributed by atoms with van der Waals surface area (Å²) in [6.45, 7) is 4.95. The first-order chi connectivity index (χ1) is 8.63. The van der Waals surface area contributed by atoms with Gasteiger partial charge < -0.3 is 9.84 Å². The molecule has 2 aliphatic rings. The molecule has 1 saturated carbocycles. The van der Waals surface area contributed by atoms with Crippen LogP contribution in [0.25, 0.3) is 0 Å². The number of hydrogen-bond donors (Lipinski definition) is 1. The van der Waals surface area contributed by atoms with E-state index in [9.17, 15) is 5.11 Å². The zero-order chi connectivity index (χ0) is 13.0. The van der Waals surface area contributed by atoms with E-state index in [-0.39, 0.29) is 0 Å². The molecule has 2 unspecified atom stereocenters. The van der Waals surface area contributed by atoms with Crippen LogP contribution in [0.3, 0.4) is 0 Å². The molecule has 1 aliphatic heterocycles. The second kappa shape index (κ2) is 6.38. The van der Waals surface area contributed by atoms with Crippen molar-refractivity contribution in [3.05, 3.63) is 0 Å². The quantitative estimate of drug-likeness (QED) is 0.746. The van der Waals surface area contributed by atoms with Crippen molar-refractivity contribution < 1.29 is 9.84 Å². The summed E-state index contributed by atoms with van der Waals surface area (Å²) < 4.78 is 6.11. The first-order valence-electron chi connectivity index (χ1n) is 7.90. The minimum absolute atomic E-state index is 0.302. The van der Waals surface area contributed by atoms with Gasteiger partial charge in [-0.25, -0.2) is 0 Å². The Balaban J connectivity index is 1.60. The van der Waals surface area contributed by atoms with Gasteiger partial charge in [0.1, 0.15) is 0 Å². The molecule has 0 amide bonds. The standard InChI is InChI=1S/C16H30O2/c1-13(2)11-15-7-6-14(18-15)5-3-8-16(12-17)9-4-10-16/h13-15,17H,3-12H2,1-2H3. The van der Waals surface area contributed by atoms with E-state index in [4.69, 9.17) is 4.74 Å². The fourth-order valence-corrected chi connectivity index (χ4v) is 3.56. The molecule has 18 heavy (non-hydrogen) atoms. The largest absolute Gasteiger partial charge is 0.396 e. The second-order valence-corrected chi connectivity index (χ2v) is 6.99. The van der Waals surface area contributed by atoms with Crippen molar-refractivity contribution in [3.8, 4) is 0 Å². The Hall–Kier alpha value is -0.0800. The zero-order valence-electron chi connectivity index (χ0n) is 12.2. The third kappa shape index (κ3) is 3.71. The van der Waals surface area contributed by atoms with Gasteiger partial charge in [-0.1, -0.05) is 26.7 Å². The summed E-state index contributed by atoms with van der Waals surface area (Å²) in [6, 6.07) is 0. The highest BCUT2D eigenvalue weighted by atomic mass is 16.5. The minimum Gasteiger partial charge on any atom is -0.396 e. The molecule has 1 heterocycles. The molecule has 2 heteroatoms. The number of hydrogen-bond acceptors (Lipinski definition) is 2. The molecule has 2 atom stereocenters. The van der Waals surface area contributed by atoms with Crippen molar-refractivity contribution >= 4 is 0 Å². The van der Waals surface area contributed by atoms with Crippen LogP contribution in [-0.2, 0) is 4.74 Å². The summed E-state index contributed by atoms with van der Waals surface area (Å²) in [7, 11) is 0. The molecule has 1 aliphatic carbocycles. The van der Waals surface area contributed by atoms with Crippen molar-refractivity contribution in [1.29, 1.82) is 0 Å². The van der Waals surface area contributed by atoms with Crippen LogP contribution in [0.1, 0.15) is 71.6 Å². The first-order valence-corrected chi connectivity index (χ1v) is 7.90. The predicted molar refractivity (Wildman–Crippen MR) is 74.6 cm³/mol. The highest BCUT2D eigenvalue weighted by Crippen LogP contribution is 2.44. The fourth-order valence-electron chi connectivity index (χ4n) is 3.56. The first kappa shape index (κ1) is 14.3. The smallest absolute Gasteiger partial charge is 0.0582 e. The lowest BCUT2D eigenvalue weighted by Gasteiger charge is -2.40. The van der Waals surface area contributed by atoms with Gasteiger partial charge >= 0.3 is 0 Å². The van der Waals surface area contributed by atoms with Gasteiger partial charge in [-0.3, -0.25) is 0 Å². The van der Waals surface area contributed by atoms with Gasteiger partial charge in [-0.15, -0.1) is 0 Å². The van der Waals surface area contributed by atoms with E-state index in [1.54, 1.807) is 0 Å². The van der Waals surface area contributed by atoms with E-state index in [0.717, 1.165) is 5.92 Å². The number of ether oxygens (including phenoxy) is 1. The van der Waals surface area contributed by atoms with Gasteiger partial charge in [0.2, 0.25) is 0 Å². The lowest BCUT2D eigenvalue weighted by atomic mass is 9.66. The molecule has 2 fully saturated rings. The SMILES string of the molecule is CC(C)CC1CCC(CCCC2(CO)CCC2)O1. The van der Waals surface area contributed by atoms with Gasteiger partial charge in [-0.2, -0.15) is 0 Å². The molecular formula is C16H30O2. The molecular weight excluding hydrogens is 224 g/mol. The van der Waals surface area contributed by atoms with E-state index in [2.05, 4.69) is 13.8 Å². The van der Waals surface area contributed by atoms with Gasteiger partial charge in [-0.05, 0) is 56.3 Å². The van der Waals surface area contributed by atoms with Crippen molar-refractivity contribution in [3.63, 3.8) is 0 Å². The molecule has 0 spiro atoms. The minimum atomic E-state index is 0.302. The average Bonchev–Trinajstić information content (AvgIpc) is 2.69. The van der Waals surface area contributed by atoms with Crippen molar-refractivity contribution in [2.45, 2.75) is 83.8 Å². The summed E-state index contributed by atoms with van der Waals surface area (Å²) in [5, 5.41) is 9.44. The van der Waals surface area contributed by atoms with Gasteiger partial charge in [0, 0.05) is 6.61 Å². The maximum Gasteiger partial charge on any atom is 0.0582 e. The molecule has 106 valence electrons. The number of aliphatic hydroxyl groups excluding tert-OH is 1. The summed E-state index contributed by atoms with van der Waals surface area (Å²) in [5.41, 5.74) is 0.302. The Morgan fingerprint density at radius 1 is 1.22 bits per heavy atom. The van der Waals surface area contributed by atoms with Crippen LogP contribution in [0.15, 0.2) is 0 Å². The Bertz CT molecular complexity index is 240. The topological polar surface area (TPSA) is 29.5 Å².